The lowest BCUT2D eigenvalue weighted by atomic mass is 9.88. The highest BCUT2D eigenvalue weighted by molar-refractivity contribution is 6.31. The number of halogens is 4. The Labute approximate surface area is 160 Å². The van der Waals surface area contributed by atoms with Crippen LogP contribution in [0.25, 0.3) is 0 Å². The quantitative estimate of drug-likeness (QED) is 0.663. The van der Waals surface area contributed by atoms with E-state index < -0.39 is 11.7 Å². The zero-order valence-electron chi connectivity index (χ0n) is 14.4. The van der Waals surface area contributed by atoms with Gasteiger partial charge in [-0.05, 0) is 43.2 Å². The zero-order chi connectivity index (χ0) is 19.4. The summed E-state index contributed by atoms with van der Waals surface area (Å²) in [6.45, 7) is 0. The van der Waals surface area contributed by atoms with Crippen molar-refractivity contribution < 1.29 is 18.0 Å². The van der Waals surface area contributed by atoms with Crippen LogP contribution in [0, 0.1) is 5.92 Å². The maximum Gasteiger partial charge on any atom is 0.417 e. The first-order valence-corrected chi connectivity index (χ1v) is 9.11. The first-order valence-electron chi connectivity index (χ1n) is 8.73. The second-order valence-electron chi connectivity index (χ2n) is 6.57. The predicted octanol–water partition coefficient (Wildman–Crippen LogP) is 6.02. The molecule has 0 saturated heterocycles. The minimum atomic E-state index is -4.53. The maximum atomic E-state index is 12.9. The smallest absolute Gasteiger partial charge is 0.340 e. The summed E-state index contributed by atoms with van der Waals surface area (Å²) in [6.07, 6.45) is 2.06. The van der Waals surface area contributed by atoms with Gasteiger partial charge in [-0.2, -0.15) is 13.2 Å². The van der Waals surface area contributed by atoms with Crippen LogP contribution < -0.4 is 10.6 Å². The minimum absolute atomic E-state index is 0.00951. The highest BCUT2D eigenvalue weighted by Crippen LogP contribution is 2.36. The summed E-state index contributed by atoms with van der Waals surface area (Å²) in [5.74, 6) is 0.386. The number of nitrogens with zero attached hydrogens (tertiary/aromatic N) is 1. The van der Waals surface area contributed by atoms with E-state index in [4.69, 9.17) is 11.6 Å². The zero-order valence-corrected chi connectivity index (χ0v) is 15.2. The van der Waals surface area contributed by atoms with Gasteiger partial charge in [-0.25, -0.2) is 4.98 Å². The molecule has 1 fully saturated rings. The monoisotopic (exact) mass is 397 g/mol. The van der Waals surface area contributed by atoms with Crippen LogP contribution in [0.3, 0.4) is 0 Å². The highest BCUT2D eigenvalue weighted by Gasteiger charge is 2.33. The molecule has 2 N–H and O–H groups in total. The SMILES string of the molecule is O=C(Nc1ccc(Nc2ccc(Cl)c(C(F)(F)F)c2)nc1)C1CCCCC1. The van der Waals surface area contributed by atoms with E-state index >= 15 is 0 Å². The second-order valence-corrected chi connectivity index (χ2v) is 6.98. The van der Waals surface area contributed by atoms with Crippen LogP contribution in [0.1, 0.15) is 37.7 Å². The van der Waals surface area contributed by atoms with Crippen LogP contribution in [-0.4, -0.2) is 10.9 Å². The molecule has 1 saturated carbocycles. The van der Waals surface area contributed by atoms with Crippen molar-refractivity contribution in [2.45, 2.75) is 38.3 Å². The van der Waals surface area contributed by atoms with Gasteiger partial charge >= 0.3 is 6.18 Å². The number of rotatable bonds is 4. The number of hydrogen-bond donors (Lipinski definition) is 2. The molecule has 1 aliphatic rings. The molecule has 0 aliphatic heterocycles. The number of anilines is 3. The number of nitrogens with one attached hydrogen (secondary N) is 2. The van der Waals surface area contributed by atoms with Crippen LogP contribution in [0.15, 0.2) is 36.5 Å². The van der Waals surface area contributed by atoms with Gasteiger partial charge in [0, 0.05) is 11.6 Å². The van der Waals surface area contributed by atoms with Gasteiger partial charge < -0.3 is 10.6 Å². The Morgan fingerprint density at radius 1 is 1.07 bits per heavy atom. The summed E-state index contributed by atoms with van der Waals surface area (Å²) in [5, 5.41) is 5.29. The molecule has 1 heterocycles. The number of benzene rings is 1. The Hall–Kier alpha value is -2.28. The van der Waals surface area contributed by atoms with Gasteiger partial charge in [0.05, 0.1) is 22.5 Å². The lowest BCUT2D eigenvalue weighted by Gasteiger charge is -2.20. The molecule has 0 unspecified atom stereocenters. The van der Waals surface area contributed by atoms with Crippen molar-refractivity contribution >= 4 is 34.7 Å². The third-order valence-electron chi connectivity index (χ3n) is 4.55. The predicted molar refractivity (Wildman–Crippen MR) is 99.2 cm³/mol. The summed E-state index contributed by atoms with van der Waals surface area (Å²) >= 11 is 5.61. The fourth-order valence-electron chi connectivity index (χ4n) is 3.12. The molecule has 144 valence electrons. The van der Waals surface area contributed by atoms with Crippen LogP contribution in [0.5, 0.6) is 0 Å². The molecule has 2 aromatic rings. The second kappa shape index (κ2) is 8.17. The molecule has 1 aromatic carbocycles. The topological polar surface area (TPSA) is 54.0 Å². The van der Waals surface area contributed by atoms with E-state index in [1.54, 1.807) is 12.1 Å². The number of alkyl halides is 3. The van der Waals surface area contributed by atoms with Crippen LogP contribution in [0.4, 0.5) is 30.4 Å². The van der Waals surface area contributed by atoms with Crippen molar-refractivity contribution in [2.75, 3.05) is 10.6 Å². The van der Waals surface area contributed by atoms with E-state index in [2.05, 4.69) is 15.6 Å². The average Bonchev–Trinajstić information content (AvgIpc) is 2.64. The molecule has 4 nitrogen and oxygen atoms in total. The molecule has 0 radical (unpaired) electrons. The Morgan fingerprint density at radius 3 is 2.41 bits per heavy atom. The van der Waals surface area contributed by atoms with Crippen molar-refractivity contribution in [2.24, 2.45) is 5.92 Å². The molecule has 1 aromatic heterocycles. The number of aromatic nitrogens is 1. The van der Waals surface area contributed by atoms with E-state index in [1.807, 2.05) is 0 Å². The third-order valence-corrected chi connectivity index (χ3v) is 4.88. The maximum absolute atomic E-state index is 12.9. The summed E-state index contributed by atoms with van der Waals surface area (Å²) in [6, 6.07) is 6.82. The molecule has 3 rings (SSSR count). The average molecular weight is 398 g/mol. The summed E-state index contributed by atoms with van der Waals surface area (Å²) in [5.41, 5.74) is -0.132. The fourth-order valence-corrected chi connectivity index (χ4v) is 3.34. The number of amides is 1. The number of pyridine rings is 1. The molecular formula is C19H19ClF3N3O. The van der Waals surface area contributed by atoms with E-state index in [9.17, 15) is 18.0 Å². The highest BCUT2D eigenvalue weighted by atomic mass is 35.5. The van der Waals surface area contributed by atoms with Gasteiger partial charge in [-0.15, -0.1) is 0 Å². The van der Waals surface area contributed by atoms with Gasteiger partial charge in [-0.1, -0.05) is 30.9 Å². The Morgan fingerprint density at radius 2 is 1.78 bits per heavy atom. The molecular weight excluding hydrogens is 379 g/mol. The first-order chi connectivity index (χ1) is 12.8. The van der Waals surface area contributed by atoms with Crippen LogP contribution in [0.2, 0.25) is 5.02 Å². The van der Waals surface area contributed by atoms with Gasteiger partial charge in [0.1, 0.15) is 5.82 Å². The van der Waals surface area contributed by atoms with Crippen molar-refractivity contribution in [3.8, 4) is 0 Å². The van der Waals surface area contributed by atoms with E-state index in [0.717, 1.165) is 31.7 Å². The number of carbonyl (C=O) groups excluding carboxylic acids is 1. The molecule has 27 heavy (non-hydrogen) atoms. The molecule has 8 heteroatoms. The van der Waals surface area contributed by atoms with E-state index in [-0.39, 0.29) is 22.5 Å². The van der Waals surface area contributed by atoms with Crippen molar-refractivity contribution in [1.82, 2.24) is 4.98 Å². The summed E-state index contributed by atoms with van der Waals surface area (Å²) in [7, 11) is 0. The Balaban J connectivity index is 1.65. The lowest BCUT2D eigenvalue weighted by molar-refractivity contribution is -0.137. The fraction of sp³-hybridized carbons (Fsp3) is 0.368. The summed E-state index contributed by atoms with van der Waals surface area (Å²) < 4.78 is 38.8. The Kier molecular flexibility index (Phi) is 5.89. The normalized spacial score (nSPS) is 15.4. The molecule has 0 spiro atoms. The van der Waals surface area contributed by atoms with Crippen molar-refractivity contribution in [3.63, 3.8) is 0 Å². The van der Waals surface area contributed by atoms with Gasteiger partial charge in [0.2, 0.25) is 5.91 Å². The lowest BCUT2D eigenvalue weighted by Crippen LogP contribution is -2.24. The molecule has 1 amide bonds. The standard InChI is InChI=1S/C19H19ClF3N3O/c20-16-8-6-13(10-15(16)19(21,22)23)25-17-9-7-14(11-24-17)26-18(27)12-4-2-1-3-5-12/h6-12H,1-5H2,(H,24,25)(H,26,27). The molecule has 1 aliphatic carbocycles. The minimum Gasteiger partial charge on any atom is -0.340 e. The van der Waals surface area contributed by atoms with Gasteiger partial charge in [0.25, 0.3) is 0 Å². The van der Waals surface area contributed by atoms with Crippen molar-refractivity contribution in [3.05, 3.63) is 47.1 Å². The summed E-state index contributed by atoms with van der Waals surface area (Å²) in [4.78, 5) is 16.4. The van der Waals surface area contributed by atoms with E-state index in [0.29, 0.717) is 11.5 Å². The van der Waals surface area contributed by atoms with Gasteiger partial charge in [0.15, 0.2) is 0 Å². The van der Waals surface area contributed by atoms with Crippen LogP contribution in [-0.2, 0) is 11.0 Å². The van der Waals surface area contributed by atoms with Gasteiger partial charge in [-0.3, -0.25) is 4.79 Å². The van der Waals surface area contributed by atoms with E-state index in [1.165, 1.54) is 24.8 Å². The number of carbonyl (C=O) groups is 1. The molecule has 0 atom stereocenters. The number of hydrogen-bond acceptors (Lipinski definition) is 3. The molecule has 0 bridgehead atoms. The van der Waals surface area contributed by atoms with Crippen molar-refractivity contribution in [1.29, 1.82) is 0 Å². The largest absolute Gasteiger partial charge is 0.417 e. The van der Waals surface area contributed by atoms with Crippen LogP contribution >= 0.6 is 11.6 Å². The third kappa shape index (κ3) is 5.13. The first kappa shape index (κ1) is 19.5. The Bertz CT molecular complexity index is 803.